The normalized spacial score (nSPS) is 25.4. The fourth-order valence-corrected chi connectivity index (χ4v) is 1.89. The number of phenolic OH excluding ortho intramolecular Hbond substituents is 1. The van der Waals surface area contributed by atoms with E-state index in [0.717, 1.165) is 13.0 Å². The number of aromatic hydroxyl groups is 1. The summed E-state index contributed by atoms with van der Waals surface area (Å²) in [7, 11) is 0. The number of hydrogen-bond acceptors (Lipinski definition) is 2. The van der Waals surface area contributed by atoms with Crippen LogP contribution in [0.5, 0.6) is 5.75 Å². The Kier molecular flexibility index (Phi) is 1.72. The highest BCUT2D eigenvalue weighted by Crippen LogP contribution is 2.40. The maximum atomic E-state index is 9.40. The zero-order valence-electron chi connectivity index (χ0n) is 8.09. The molecule has 1 aliphatic rings. The Morgan fingerprint density at radius 3 is 3.00 bits per heavy atom. The zero-order valence-corrected chi connectivity index (χ0v) is 8.09. The Morgan fingerprint density at radius 2 is 2.31 bits per heavy atom. The van der Waals surface area contributed by atoms with Gasteiger partial charge in [0.1, 0.15) is 5.75 Å². The molecule has 0 amide bonds. The molecule has 2 heteroatoms. The average Bonchev–Trinajstić information content (AvgIpc) is 2.45. The maximum Gasteiger partial charge on any atom is 0.116 e. The standard InChI is InChI=1S/C11H15NO/c1-3-11(2)7-12-10-5-4-8(13)6-9(10)11/h4-6,12-13H,3,7H2,1-2H3/t11-/m1/s1. The third kappa shape index (κ3) is 1.17. The molecule has 0 saturated heterocycles. The minimum atomic E-state index is 0.189. The molecule has 0 aliphatic carbocycles. The lowest BCUT2D eigenvalue weighted by molar-refractivity contribution is 0.466. The smallest absolute Gasteiger partial charge is 0.116 e. The monoisotopic (exact) mass is 177 g/mol. The lowest BCUT2D eigenvalue weighted by Crippen LogP contribution is -2.22. The van der Waals surface area contributed by atoms with Crippen LogP contribution in [0.2, 0.25) is 0 Å². The van der Waals surface area contributed by atoms with Crippen molar-refractivity contribution in [2.75, 3.05) is 11.9 Å². The zero-order chi connectivity index (χ0) is 9.47. The van der Waals surface area contributed by atoms with Gasteiger partial charge in [0.2, 0.25) is 0 Å². The molecule has 0 spiro atoms. The summed E-state index contributed by atoms with van der Waals surface area (Å²) in [6.07, 6.45) is 1.09. The quantitative estimate of drug-likeness (QED) is 0.646. The molecule has 1 heterocycles. The fraction of sp³-hybridized carbons (Fsp3) is 0.455. The van der Waals surface area contributed by atoms with Gasteiger partial charge < -0.3 is 10.4 Å². The second kappa shape index (κ2) is 2.66. The van der Waals surface area contributed by atoms with E-state index in [1.54, 1.807) is 6.07 Å². The summed E-state index contributed by atoms with van der Waals surface area (Å²) in [5.74, 6) is 0.363. The van der Waals surface area contributed by atoms with Crippen molar-refractivity contribution in [1.29, 1.82) is 0 Å². The first kappa shape index (κ1) is 8.42. The Morgan fingerprint density at radius 1 is 1.54 bits per heavy atom. The molecule has 1 aromatic carbocycles. The number of fused-ring (bicyclic) bond motifs is 1. The van der Waals surface area contributed by atoms with Gasteiger partial charge in [-0.15, -0.1) is 0 Å². The summed E-state index contributed by atoms with van der Waals surface area (Å²) in [6, 6.07) is 5.55. The van der Waals surface area contributed by atoms with Crippen LogP contribution < -0.4 is 5.32 Å². The van der Waals surface area contributed by atoms with Crippen molar-refractivity contribution >= 4 is 5.69 Å². The molecule has 1 aliphatic heterocycles. The highest BCUT2D eigenvalue weighted by Gasteiger charge is 2.32. The summed E-state index contributed by atoms with van der Waals surface area (Å²) in [6.45, 7) is 5.38. The van der Waals surface area contributed by atoms with Crippen LogP contribution in [0.25, 0.3) is 0 Å². The predicted octanol–water partition coefficient (Wildman–Crippen LogP) is 2.49. The Balaban J connectivity index is 2.52. The van der Waals surface area contributed by atoms with Crippen molar-refractivity contribution < 1.29 is 5.11 Å². The van der Waals surface area contributed by atoms with Crippen molar-refractivity contribution in [3.63, 3.8) is 0 Å². The molecule has 0 aromatic heterocycles. The largest absolute Gasteiger partial charge is 0.508 e. The molecule has 0 unspecified atom stereocenters. The van der Waals surface area contributed by atoms with Gasteiger partial charge in [-0.1, -0.05) is 13.8 Å². The van der Waals surface area contributed by atoms with Crippen LogP contribution in [0.3, 0.4) is 0 Å². The Bertz CT molecular complexity index is 335. The van der Waals surface area contributed by atoms with Gasteiger partial charge >= 0.3 is 0 Å². The molecule has 0 bridgehead atoms. The van der Waals surface area contributed by atoms with E-state index in [1.807, 2.05) is 12.1 Å². The van der Waals surface area contributed by atoms with E-state index < -0.39 is 0 Å². The fourth-order valence-electron chi connectivity index (χ4n) is 1.89. The average molecular weight is 177 g/mol. The first-order valence-electron chi connectivity index (χ1n) is 4.73. The number of nitrogens with one attached hydrogen (secondary N) is 1. The number of phenols is 1. The van der Waals surface area contributed by atoms with Gasteiger partial charge in [0.05, 0.1) is 0 Å². The number of benzene rings is 1. The van der Waals surface area contributed by atoms with Crippen molar-refractivity contribution in [1.82, 2.24) is 0 Å². The van der Waals surface area contributed by atoms with Gasteiger partial charge in [-0.05, 0) is 30.2 Å². The molecule has 2 nitrogen and oxygen atoms in total. The number of rotatable bonds is 1. The molecule has 70 valence electrons. The Labute approximate surface area is 78.6 Å². The molecule has 1 aromatic rings. The van der Waals surface area contributed by atoms with Crippen molar-refractivity contribution in [2.24, 2.45) is 0 Å². The highest BCUT2D eigenvalue weighted by atomic mass is 16.3. The summed E-state index contributed by atoms with van der Waals surface area (Å²) >= 11 is 0. The van der Waals surface area contributed by atoms with Crippen molar-refractivity contribution in [3.8, 4) is 5.75 Å². The predicted molar refractivity (Wildman–Crippen MR) is 54.2 cm³/mol. The lowest BCUT2D eigenvalue weighted by Gasteiger charge is -2.21. The minimum absolute atomic E-state index is 0.189. The van der Waals surface area contributed by atoms with Crippen LogP contribution in [-0.4, -0.2) is 11.7 Å². The van der Waals surface area contributed by atoms with Crippen molar-refractivity contribution in [3.05, 3.63) is 23.8 Å². The molecular weight excluding hydrogens is 162 g/mol. The molecule has 0 saturated carbocycles. The van der Waals surface area contributed by atoms with E-state index >= 15 is 0 Å². The van der Waals surface area contributed by atoms with Gasteiger partial charge in [-0.2, -0.15) is 0 Å². The van der Waals surface area contributed by atoms with E-state index in [4.69, 9.17) is 0 Å². The van der Waals surface area contributed by atoms with Crippen LogP contribution in [0.1, 0.15) is 25.8 Å². The molecule has 13 heavy (non-hydrogen) atoms. The third-order valence-corrected chi connectivity index (χ3v) is 3.10. The van der Waals surface area contributed by atoms with Gasteiger partial charge in [-0.25, -0.2) is 0 Å². The molecule has 0 radical (unpaired) electrons. The SMILES string of the molecule is CC[C@]1(C)CNc2ccc(O)cc21. The topological polar surface area (TPSA) is 32.3 Å². The second-order valence-corrected chi connectivity index (χ2v) is 4.00. The lowest BCUT2D eigenvalue weighted by atomic mass is 9.82. The second-order valence-electron chi connectivity index (χ2n) is 4.00. The van der Waals surface area contributed by atoms with Crippen LogP contribution in [-0.2, 0) is 5.41 Å². The van der Waals surface area contributed by atoms with E-state index in [2.05, 4.69) is 19.2 Å². The molecule has 1 atom stereocenters. The molecular formula is C11H15NO. The maximum absolute atomic E-state index is 9.40. The van der Waals surface area contributed by atoms with Crippen LogP contribution in [0, 0.1) is 0 Å². The van der Waals surface area contributed by atoms with Gasteiger partial charge in [0.15, 0.2) is 0 Å². The molecule has 0 fully saturated rings. The van der Waals surface area contributed by atoms with E-state index in [0.29, 0.717) is 5.75 Å². The number of hydrogen-bond donors (Lipinski definition) is 2. The molecule has 2 rings (SSSR count). The summed E-state index contributed by atoms with van der Waals surface area (Å²) in [4.78, 5) is 0. The molecule has 2 N–H and O–H groups in total. The Hall–Kier alpha value is -1.18. The van der Waals surface area contributed by atoms with Gasteiger partial charge in [-0.3, -0.25) is 0 Å². The van der Waals surface area contributed by atoms with Crippen molar-refractivity contribution in [2.45, 2.75) is 25.7 Å². The van der Waals surface area contributed by atoms with Gasteiger partial charge in [0.25, 0.3) is 0 Å². The van der Waals surface area contributed by atoms with Crippen LogP contribution >= 0.6 is 0 Å². The van der Waals surface area contributed by atoms with Crippen LogP contribution in [0.4, 0.5) is 5.69 Å². The minimum Gasteiger partial charge on any atom is -0.508 e. The summed E-state index contributed by atoms with van der Waals surface area (Å²) in [5, 5.41) is 12.8. The summed E-state index contributed by atoms with van der Waals surface area (Å²) < 4.78 is 0. The first-order valence-corrected chi connectivity index (χ1v) is 4.73. The van der Waals surface area contributed by atoms with E-state index in [9.17, 15) is 5.11 Å². The third-order valence-electron chi connectivity index (χ3n) is 3.10. The van der Waals surface area contributed by atoms with E-state index in [1.165, 1.54) is 11.3 Å². The number of anilines is 1. The van der Waals surface area contributed by atoms with Crippen LogP contribution in [0.15, 0.2) is 18.2 Å². The highest BCUT2D eigenvalue weighted by molar-refractivity contribution is 5.62. The summed E-state index contributed by atoms with van der Waals surface area (Å²) in [5.41, 5.74) is 2.60. The first-order chi connectivity index (χ1) is 6.15. The van der Waals surface area contributed by atoms with Gasteiger partial charge in [0, 0.05) is 17.6 Å². The van der Waals surface area contributed by atoms with E-state index in [-0.39, 0.29) is 5.41 Å².